The van der Waals surface area contributed by atoms with Crippen molar-refractivity contribution in [3.63, 3.8) is 0 Å². The Kier molecular flexibility index (Phi) is 6.75. The molecule has 6 heteroatoms. The second-order valence-corrected chi connectivity index (χ2v) is 13.5. The Hall–Kier alpha value is -7.44. The lowest BCUT2D eigenvalue weighted by Crippen LogP contribution is -2.00. The number of oxazole rings is 1. The average Bonchev–Trinajstić information content (AvgIpc) is 3.83. The summed E-state index contributed by atoms with van der Waals surface area (Å²) in [5.41, 5.74) is 8.53. The Morgan fingerprint density at radius 2 is 0.944 bits per heavy atom. The van der Waals surface area contributed by atoms with Crippen LogP contribution < -0.4 is 0 Å². The van der Waals surface area contributed by atoms with Crippen LogP contribution in [-0.2, 0) is 0 Å². The minimum atomic E-state index is 0.526. The van der Waals surface area contributed by atoms with E-state index in [0.717, 1.165) is 65.8 Å². The zero-order valence-electron chi connectivity index (χ0n) is 28.8. The molecule has 0 atom stereocenters. The molecular formula is C48H28N4O2. The first-order valence-corrected chi connectivity index (χ1v) is 17.9. The molecule has 0 radical (unpaired) electrons. The Morgan fingerprint density at radius 3 is 1.72 bits per heavy atom. The lowest BCUT2D eigenvalue weighted by Gasteiger charge is -2.10. The summed E-state index contributed by atoms with van der Waals surface area (Å²) < 4.78 is 13.0. The third-order valence-electron chi connectivity index (χ3n) is 10.1. The fourth-order valence-corrected chi connectivity index (χ4v) is 7.39. The quantitative estimate of drug-likeness (QED) is 0.179. The molecule has 0 fully saturated rings. The summed E-state index contributed by atoms with van der Waals surface area (Å²) in [5, 5.41) is 6.45. The van der Waals surface area contributed by atoms with Crippen molar-refractivity contribution in [1.82, 2.24) is 19.9 Å². The monoisotopic (exact) mass is 692 g/mol. The van der Waals surface area contributed by atoms with Gasteiger partial charge in [-0.2, -0.15) is 0 Å². The van der Waals surface area contributed by atoms with Crippen molar-refractivity contribution in [1.29, 1.82) is 0 Å². The molecule has 0 spiro atoms. The van der Waals surface area contributed by atoms with E-state index >= 15 is 0 Å². The van der Waals surface area contributed by atoms with Crippen LogP contribution >= 0.6 is 0 Å². The summed E-state index contributed by atoms with van der Waals surface area (Å²) in [7, 11) is 0. The van der Waals surface area contributed by atoms with Crippen molar-refractivity contribution in [2.24, 2.45) is 0 Å². The van der Waals surface area contributed by atoms with Crippen molar-refractivity contribution in [2.75, 3.05) is 0 Å². The molecule has 252 valence electrons. The highest BCUT2D eigenvalue weighted by molar-refractivity contribution is 6.12. The van der Waals surface area contributed by atoms with Crippen molar-refractivity contribution < 1.29 is 8.83 Å². The maximum atomic E-state index is 6.66. The normalized spacial score (nSPS) is 11.7. The van der Waals surface area contributed by atoms with Crippen LogP contribution in [0, 0.1) is 0 Å². The molecule has 0 amide bonds. The molecule has 8 aromatic carbocycles. The Balaban J connectivity index is 1.07. The van der Waals surface area contributed by atoms with E-state index in [1.807, 2.05) is 84.9 Å². The molecule has 0 aliphatic rings. The zero-order chi connectivity index (χ0) is 35.6. The summed E-state index contributed by atoms with van der Waals surface area (Å²) in [4.78, 5) is 20.2. The van der Waals surface area contributed by atoms with Crippen molar-refractivity contribution in [3.8, 4) is 56.7 Å². The van der Waals surface area contributed by atoms with Crippen molar-refractivity contribution >= 4 is 54.6 Å². The van der Waals surface area contributed by atoms with Gasteiger partial charge in [-0.1, -0.05) is 127 Å². The van der Waals surface area contributed by atoms with E-state index in [2.05, 4.69) is 84.9 Å². The second-order valence-electron chi connectivity index (χ2n) is 13.5. The lowest BCUT2D eigenvalue weighted by molar-refractivity contribution is 0.620. The molecule has 11 aromatic rings. The van der Waals surface area contributed by atoms with Crippen LogP contribution in [0.1, 0.15) is 0 Å². The predicted octanol–water partition coefficient (Wildman–Crippen LogP) is 12.6. The SMILES string of the molecule is c1ccc(-c2cccc(-c3nc(-c4ccc5ccccc5c4)nc(-c4cccc5c4oc4cc6nc(-c7ccc8ccccc8c7)oc6cc45)n3)c2)cc1. The molecular weight excluding hydrogens is 665 g/mol. The van der Waals surface area contributed by atoms with Crippen LogP contribution in [0.3, 0.4) is 0 Å². The summed E-state index contributed by atoms with van der Waals surface area (Å²) in [6.45, 7) is 0. The highest BCUT2D eigenvalue weighted by Crippen LogP contribution is 2.39. The molecule has 0 saturated heterocycles. The van der Waals surface area contributed by atoms with Crippen LogP contribution in [0.5, 0.6) is 0 Å². The average molecular weight is 693 g/mol. The van der Waals surface area contributed by atoms with Crippen LogP contribution in [0.25, 0.3) is 111 Å². The maximum absolute atomic E-state index is 6.66. The minimum Gasteiger partial charge on any atom is -0.455 e. The number of aromatic nitrogens is 4. The number of hydrogen-bond acceptors (Lipinski definition) is 6. The molecule has 0 unspecified atom stereocenters. The summed E-state index contributed by atoms with van der Waals surface area (Å²) in [5.74, 6) is 2.26. The van der Waals surface area contributed by atoms with Crippen LogP contribution in [0.4, 0.5) is 0 Å². The van der Waals surface area contributed by atoms with Crippen molar-refractivity contribution in [2.45, 2.75) is 0 Å². The number of fused-ring (bicyclic) bond motifs is 6. The molecule has 3 aromatic heterocycles. The fraction of sp³-hybridized carbons (Fsp3) is 0. The van der Waals surface area contributed by atoms with Gasteiger partial charge in [0.15, 0.2) is 23.1 Å². The van der Waals surface area contributed by atoms with Crippen molar-refractivity contribution in [3.05, 3.63) is 170 Å². The first-order valence-electron chi connectivity index (χ1n) is 17.9. The molecule has 0 N–H and O–H groups in total. The second kappa shape index (κ2) is 12.1. The Morgan fingerprint density at radius 1 is 0.333 bits per heavy atom. The zero-order valence-corrected chi connectivity index (χ0v) is 28.8. The first kappa shape index (κ1) is 30.2. The lowest BCUT2D eigenvalue weighted by atomic mass is 10.0. The van der Waals surface area contributed by atoms with E-state index in [9.17, 15) is 0 Å². The van der Waals surface area contributed by atoms with Crippen LogP contribution in [0.2, 0.25) is 0 Å². The topological polar surface area (TPSA) is 77.8 Å². The summed E-state index contributed by atoms with van der Waals surface area (Å²) in [6, 6.07) is 57.9. The Labute approximate surface area is 309 Å². The van der Waals surface area contributed by atoms with Gasteiger partial charge >= 0.3 is 0 Å². The number of furan rings is 1. The van der Waals surface area contributed by atoms with E-state index in [-0.39, 0.29) is 0 Å². The van der Waals surface area contributed by atoms with Crippen LogP contribution in [0.15, 0.2) is 179 Å². The van der Waals surface area contributed by atoms with Gasteiger partial charge in [0.05, 0.1) is 5.56 Å². The molecule has 6 nitrogen and oxygen atoms in total. The smallest absolute Gasteiger partial charge is 0.227 e. The maximum Gasteiger partial charge on any atom is 0.227 e. The first-order chi connectivity index (χ1) is 26.7. The number of rotatable bonds is 5. The van der Waals surface area contributed by atoms with E-state index < -0.39 is 0 Å². The number of para-hydroxylation sites is 1. The third kappa shape index (κ3) is 5.12. The Bertz CT molecular complexity index is 3240. The largest absolute Gasteiger partial charge is 0.455 e. The number of hydrogen-bond donors (Lipinski definition) is 0. The fourth-order valence-electron chi connectivity index (χ4n) is 7.39. The van der Waals surface area contributed by atoms with Gasteiger partial charge in [-0.15, -0.1) is 0 Å². The van der Waals surface area contributed by atoms with E-state index in [1.165, 1.54) is 5.39 Å². The molecule has 54 heavy (non-hydrogen) atoms. The highest BCUT2D eigenvalue weighted by Gasteiger charge is 2.20. The van der Waals surface area contributed by atoms with Gasteiger partial charge < -0.3 is 8.83 Å². The van der Waals surface area contributed by atoms with Gasteiger partial charge in [0.1, 0.15) is 16.7 Å². The molecule has 11 rings (SSSR count). The van der Waals surface area contributed by atoms with Gasteiger partial charge in [0, 0.05) is 33.5 Å². The van der Waals surface area contributed by atoms with Gasteiger partial charge in [0.25, 0.3) is 0 Å². The molecule has 0 saturated carbocycles. The number of nitrogens with zero attached hydrogens (tertiary/aromatic N) is 4. The van der Waals surface area contributed by atoms with E-state index in [0.29, 0.717) is 40.1 Å². The highest BCUT2D eigenvalue weighted by atomic mass is 16.4. The van der Waals surface area contributed by atoms with E-state index in [4.69, 9.17) is 28.8 Å². The number of benzene rings is 8. The van der Waals surface area contributed by atoms with Gasteiger partial charge in [-0.25, -0.2) is 19.9 Å². The van der Waals surface area contributed by atoms with Gasteiger partial charge in [-0.05, 0) is 69.1 Å². The molecule has 0 aliphatic carbocycles. The van der Waals surface area contributed by atoms with Gasteiger partial charge in [0.2, 0.25) is 5.89 Å². The molecule has 3 heterocycles. The molecule has 0 aliphatic heterocycles. The standard InChI is InChI=1S/C48H28N4O2/c1-2-10-29(11-3-1)34-16-8-17-35(24-34)45-50-46(36-22-20-30-12-4-6-14-32(30)25-36)52-47(51-45)39-19-9-18-38-40-27-43-41(28-42(40)53-44(38)39)49-48(54-43)37-23-21-31-13-5-7-15-33(31)26-37/h1-28H. The van der Waals surface area contributed by atoms with Crippen LogP contribution in [-0.4, -0.2) is 19.9 Å². The third-order valence-corrected chi connectivity index (χ3v) is 10.1. The summed E-state index contributed by atoms with van der Waals surface area (Å²) in [6.07, 6.45) is 0. The predicted molar refractivity (Wildman–Crippen MR) is 217 cm³/mol. The van der Waals surface area contributed by atoms with Gasteiger partial charge in [-0.3, -0.25) is 0 Å². The minimum absolute atomic E-state index is 0.526. The molecule has 0 bridgehead atoms. The van der Waals surface area contributed by atoms with E-state index in [1.54, 1.807) is 0 Å². The summed E-state index contributed by atoms with van der Waals surface area (Å²) >= 11 is 0.